The van der Waals surface area contributed by atoms with Crippen LogP contribution in [0.3, 0.4) is 0 Å². The van der Waals surface area contributed by atoms with E-state index in [1.807, 2.05) is 0 Å². The molecule has 8 heteroatoms. The van der Waals surface area contributed by atoms with Gasteiger partial charge in [-0.1, -0.05) is 6.92 Å². The Morgan fingerprint density at radius 2 is 1.77 bits per heavy atom. The van der Waals surface area contributed by atoms with Crippen molar-refractivity contribution in [3.8, 4) is 0 Å². The molecule has 0 bridgehead atoms. The van der Waals surface area contributed by atoms with Crippen molar-refractivity contribution in [1.82, 2.24) is 4.90 Å². The van der Waals surface area contributed by atoms with Gasteiger partial charge in [-0.05, 0) is 32.0 Å². The fraction of sp³-hybridized carbons (Fsp3) is 0.429. The van der Waals surface area contributed by atoms with Crippen molar-refractivity contribution < 1.29 is 18.0 Å². The lowest BCUT2D eigenvalue weighted by atomic mass is 10.1. The van der Waals surface area contributed by atoms with Gasteiger partial charge in [-0.25, -0.2) is 13.6 Å². The summed E-state index contributed by atoms with van der Waals surface area (Å²) in [7, 11) is -4.09. The van der Waals surface area contributed by atoms with Crippen LogP contribution in [0.1, 0.15) is 37.6 Å². The Morgan fingerprint density at radius 1 is 1.18 bits per heavy atom. The predicted octanol–water partition coefficient (Wildman–Crippen LogP) is 1.16. The summed E-state index contributed by atoms with van der Waals surface area (Å²) in [6.07, 6.45) is 0.255. The molecule has 0 aliphatic rings. The molecule has 0 radical (unpaired) electrons. The van der Waals surface area contributed by atoms with Gasteiger partial charge in [0.2, 0.25) is 15.9 Å². The number of nitrogens with two attached hydrogens (primary N) is 1. The fourth-order valence-electron chi connectivity index (χ4n) is 1.94. The lowest BCUT2D eigenvalue weighted by Gasteiger charge is -2.20. The summed E-state index contributed by atoms with van der Waals surface area (Å²) in [5.74, 6) is -0.675. The van der Waals surface area contributed by atoms with Gasteiger partial charge in [0.1, 0.15) is 0 Å². The SMILES string of the molecule is CCC(=O)Nc1ccc(C(=O)N(CC)CC)c(S(N)(=O)=O)c1. The summed E-state index contributed by atoms with van der Waals surface area (Å²) in [5, 5.41) is 7.74. The Labute approximate surface area is 130 Å². The van der Waals surface area contributed by atoms with E-state index in [9.17, 15) is 18.0 Å². The van der Waals surface area contributed by atoms with E-state index in [0.29, 0.717) is 13.1 Å². The number of nitrogens with zero attached hydrogens (tertiary/aromatic N) is 1. The van der Waals surface area contributed by atoms with Crippen LogP contribution in [-0.4, -0.2) is 38.2 Å². The molecule has 22 heavy (non-hydrogen) atoms. The monoisotopic (exact) mass is 327 g/mol. The fourth-order valence-corrected chi connectivity index (χ4v) is 2.70. The Morgan fingerprint density at radius 3 is 2.23 bits per heavy atom. The standard InChI is InChI=1S/C14H21N3O4S/c1-4-13(18)16-10-7-8-11(12(9-10)22(15,20)21)14(19)17(5-2)6-3/h7-9H,4-6H2,1-3H3,(H,16,18)(H2,15,20,21). The molecule has 3 N–H and O–H groups in total. The highest BCUT2D eigenvalue weighted by Crippen LogP contribution is 2.21. The van der Waals surface area contributed by atoms with Crippen LogP contribution in [0.5, 0.6) is 0 Å². The summed E-state index contributed by atoms with van der Waals surface area (Å²) < 4.78 is 23.5. The first-order valence-electron chi connectivity index (χ1n) is 7.00. The molecule has 1 rings (SSSR count). The van der Waals surface area contributed by atoms with E-state index in [1.54, 1.807) is 20.8 Å². The van der Waals surface area contributed by atoms with Gasteiger partial charge in [0.25, 0.3) is 5.91 Å². The van der Waals surface area contributed by atoms with Gasteiger partial charge >= 0.3 is 0 Å². The molecule has 2 amide bonds. The number of sulfonamides is 1. The van der Waals surface area contributed by atoms with Crippen molar-refractivity contribution in [2.45, 2.75) is 32.1 Å². The molecular formula is C14H21N3O4S. The van der Waals surface area contributed by atoms with Gasteiger partial charge in [-0.3, -0.25) is 9.59 Å². The van der Waals surface area contributed by atoms with Gasteiger partial charge in [-0.15, -0.1) is 0 Å². The van der Waals surface area contributed by atoms with E-state index in [-0.39, 0.29) is 28.5 Å². The maximum absolute atomic E-state index is 12.4. The Bertz CT molecular complexity index is 667. The number of carbonyl (C=O) groups is 2. The van der Waals surface area contributed by atoms with Crippen molar-refractivity contribution >= 4 is 27.5 Å². The first kappa shape index (κ1) is 18.1. The van der Waals surface area contributed by atoms with Gasteiger partial charge in [0, 0.05) is 25.2 Å². The van der Waals surface area contributed by atoms with Gasteiger partial charge in [-0.2, -0.15) is 0 Å². The largest absolute Gasteiger partial charge is 0.339 e. The maximum atomic E-state index is 12.4. The van der Waals surface area contributed by atoms with Crippen molar-refractivity contribution in [2.75, 3.05) is 18.4 Å². The van der Waals surface area contributed by atoms with Crippen LogP contribution in [0.4, 0.5) is 5.69 Å². The predicted molar refractivity (Wildman–Crippen MR) is 84.0 cm³/mol. The number of carbonyl (C=O) groups excluding carboxylic acids is 2. The third kappa shape index (κ3) is 4.28. The Kier molecular flexibility index (Phi) is 6.07. The number of nitrogens with one attached hydrogen (secondary N) is 1. The molecule has 0 aliphatic heterocycles. The summed E-state index contributed by atoms with van der Waals surface area (Å²) in [5.41, 5.74) is 0.285. The van der Waals surface area contributed by atoms with Crippen molar-refractivity contribution in [2.24, 2.45) is 5.14 Å². The van der Waals surface area contributed by atoms with Crippen LogP contribution in [0.2, 0.25) is 0 Å². The number of rotatable bonds is 6. The van der Waals surface area contributed by atoms with Gasteiger partial charge in [0.05, 0.1) is 10.5 Å². The molecule has 7 nitrogen and oxygen atoms in total. The summed E-state index contributed by atoms with van der Waals surface area (Å²) in [6, 6.07) is 4.06. The van der Waals surface area contributed by atoms with Gasteiger partial charge in [0.15, 0.2) is 0 Å². The zero-order valence-corrected chi connectivity index (χ0v) is 13.7. The lowest BCUT2D eigenvalue weighted by molar-refractivity contribution is -0.115. The van der Waals surface area contributed by atoms with Crippen molar-refractivity contribution in [3.05, 3.63) is 23.8 Å². The topological polar surface area (TPSA) is 110 Å². The zero-order valence-electron chi connectivity index (χ0n) is 12.9. The molecule has 0 spiro atoms. The summed E-state index contributed by atoms with van der Waals surface area (Å²) in [4.78, 5) is 25.0. The molecular weight excluding hydrogens is 306 g/mol. The number of primary sulfonamides is 1. The van der Waals surface area contributed by atoms with E-state index in [2.05, 4.69) is 5.32 Å². The Balaban J connectivity index is 3.35. The van der Waals surface area contributed by atoms with Gasteiger partial charge < -0.3 is 10.2 Å². The van der Waals surface area contributed by atoms with Crippen molar-refractivity contribution in [1.29, 1.82) is 0 Å². The summed E-state index contributed by atoms with van der Waals surface area (Å²) in [6.45, 7) is 6.18. The third-order valence-electron chi connectivity index (χ3n) is 3.17. The van der Waals surface area contributed by atoms with E-state index in [0.717, 1.165) is 0 Å². The molecule has 0 aromatic heterocycles. The molecule has 122 valence electrons. The number of hydrogen-bond donors (Lipinski definition) is 2. The molecule has 0 atom stereocenters. The van der Waals surface area contributed by atoms with E-state index < -0.39 is 15.9 Å². The normalized spacial score (nSPS) is 11.1. The van der Waals surface area contributed by atoms with Crippen molar-refractivity contribution in [3.63, 3.8) is 0 Å². The molecule has 0 saturated heterocycles. The molecule has 1 aromatic carbocycles. The average molecular weight is 327 g/mol. The highest BCUT2D eigenvalue weighted by atomic mass is 32.2. The summed E-state index contributed by atoms with van der Waals surface area (Å²) >= 11 is 0. The molecule has 0 heterocycles. The van der Waals surface area contributed by atoms with Crippen LogP contribution >= 0.6 is 0 Å². The minimum absolute atomic E-state index is 0.000646. The molecule has 0 fully saturated rings. The third-order valence-corrected chi connectivity index (χ3v) is 4.12. The second-order valence-corrected chi connectivity index (χ2v) is 6.16. The van der Waals surface area contributed by atoms with E-state index in [1.165, 1.54) is 23.1 Å². The number of anilines is 1. The molecule has 0 saturated carbocycles. The van der Waals surface area contributed by atoms with Crippen LogP contribution in [0.25, 0.3) is 0 Å². The molecule has 0 aliphatic carbocycles. The molecule has 0 unspecified atom stereocenters. The second-order valence-electron chi connectivity index (χ2n) is 4.64. The zero-order chi connectivity index (χ0) is 16.9. The Hall–Kier alpha value is -1.93. The lowest BCUT2D eigenvalue weighted by Crippen LogP contribution is -2.32. The second kappa shape index (κ2) is 7.37. The van der Waals surface area contributed by atoms with Crippen LogP contribution in [0.15, 0.2) is 23.1 Å². The number of benzene rings is 1. The first-order valence-corrected chi connectivity index (χ1v) is 8.55. The number of hydrogen-bond acceptors (Lipinski definition) is 4. The minimum atomic E-state index is -4.09. The number of amides is 2. The van der Waals surface area contributed by atoms with Crippen LogP contribution < -0.4 is 10.5 Å². The van der Waals surface area contributed by atoms with Crippen LogP contribution in [0, 0.1) is 0 Å². The first-order chi connectivity index (χ1) is 10.2. The molecule has 1 aromatic rings. The van der Waals surface area contributed by atoms with E-state index >= 15 is 0 Å². The minimum Gasteiger partial charge on any atom is -0.339 e. The average Bonchev–Trinajstić information content (AvgIpc) is 2.47. The smallest absolute Gasteiger partial charge is 0.255 e. The highest BCUT2D eigenvalue weighted by molar-refractivity contribution is 7.89. The highest BCUT2D eigenvalue weighted by Gasteiger charge is 2.23. The maximum Gasteiger partial charge on any atom is 0.255 e. The van der Waals surface area contributed by atoms with Crippen LogP contribution in [-0.2, 0) is 14.8 Å². The quantitative estimate of drug-likeness (QED) is 0.817. The van der Waals surface area contributed by atoms with E-state index in [4.69, 9.17) is 5.14 Å².